The molecule has 0 aliphatic carbocycles. The number of carbonyl (C=O) groups excluding carboxylic acids is 1. The maximum atomic E-state index is 12.1. The number of nitro groups is 1. The molecule has 2 heterocycles. The fourth-order valence-corrected chi connectivity index (χ4v) is 2.91. The number of hydrogen-bond acceptors (Lipinski definition) is 6. The third-order valence-electron chi connectivity index (χ3n) is 3.26. The Morgan fingerprint density at radius 3 is 3.00 bits per heavy atom. The first kappa shape index (κ1) is 16.8. The third-order valence-corrected chi connectivity index (χ3v) is 4.26. The second-order valence-corrected chi connectivity index (χ2v) is 6.00. The number of amides is 1. The van der Waals surface area contributed by atoms with Gasteiger partial charge >= 0.3 is 0 Å². The molecule has 3 rings (SSSR count). The van der Waals surface area contributed by atoms with Crippen LogP contribution in [0.25, 0.3) is 0 Å². The molecule has 0 atom stereocenters. The van der Waals surface area contributed by atoms with E-state index in [1.54, 1.807) is 18.5 Å². The summed E-state index contributed by atoms with van der Waals surface area (Å²) in [5.74, 6) is 0.664. The average Bonchev–Trinajstić information content (AvgIpc) is 3.25. The number of imidazole rings is 1. The highest BCUT2D eigenvalue weighted by Crippen LogP contribution is 2.20. The Bertz CT molecular complexity index is 876. The van der Waals surface area contributed by atoms with E-state index in [4.69, 9.17) is 4.42 Å². The van der Waals surface area contributed by atoms with E-state index in [1.165, 1.54) is 30.0 Å². The number of aromatic nitrogens is 2. The summed E-state index contributed by atoms with van der Waals surface area (Å²) in [7, 11) is 0. The summed E-state index contributed by atoms with van der Waals surface area (Å²) in [6.07, 6.45) is 5.07. The van der Waals surface area contributed by atoms with E-state index in [2.05, 4.69) is 10.3 Å². The molecule has 0 bridgehead atoms. The molecule has 8 nitrogen and oxygen atoms in total. The van der Waals surface area contributed by atoms with Gasteiger partial charge in [0.05, 0.1) is 23.5 Å². The Labute approximate surface area is 147 Å². The molecule has 128 valence electrons. The number of nitro benzene ring substituents is 1. The molecule has 0 fully saturated rings. The summed E-state index contributed by atoms with van der Waals surface area (Å²) >= 11 is 1.28. The van der Waals surface area contributed by atoms with E-state index < -0.39 is 4.92 Å². The molecule has 0 aliphatic heterocycles. The quantitative estimate of drug-likeness (QED) is 0.395. The van der Waals surface area contributed by atoms with Crippen molar-refractivity contribution in [1.82, 2.24) is 9.55 Å². The average molecular weight is 358 g/mol. The van der Waals surface area contributed by atoms with Crippen molar-refractivity contribution in [1.29, 1.82) is 0 Å². The zero-order chi connectivity index (χ0) is 17.6. The molecule has 0 saturated heterocycles. The Balaban J connectivity index is 1.57. The summed E-state index contributed by atoms with van der Waals surface area (Å²) in [5.41, 5.74) is 0.318. The molecule has 1 aromatic carbocycles. The van der Waals surface area contributed by atoms with Crippen molar-refractivity contribution in [2.24, 2.45) is 0 Å². The Morgan fingerprint density at radius 2 is 2.24 bits per heavy atom. The van der Waals surface area contributed by atoms with E-state index in [-0.39, 0.29) is 17.3 Å². The summed E-state index contributed by atoms with van der Waals surface area (Å²) in [5, 5.41) is 14.1. The minimum atomic E-state index is -0.504. The second kappa shape index (κ2) is 7.67. The van der Waals surface area contributed by atoms with E-state index in [0.29, 0.717) is 17.4 Å². The highest BCUT2D eigenvalue weighted by Gasteiger charge is 2.11. The van der Waals surface area contributed by atoms with Gasteiger partial charge < -0.3 is 14.3 Å². The summed E-state index contributed by atoms with van der Waals surface area (Å²) in [4.78, 5) is 26.5. The molecule has 1 amide bonds. The standard InChI is InChI=1S/C16H14N4O4S/c21-15(18-12-3-1-4-13(9-12)20(22)23)11-25-16-17-6-7-19(16)10-14-5-2-8-24-14/h1-9H,10-11H2,(H,18,21). The molecule has 0 unspecified atom stereocenters. The number of anilines is 1. The van der Waals surface area contributed by atoms with Gasteiger partial charge in [-0.3, -0.25) is 14.9 Å². The zero-order valence-corrected chi connectivity index (χ0v) is 13.8. The van der Waals surface area contributed by atoms with E-state index in [1.807, 2.05) is 22.9 Å². The van der Waals surface area contributed by atoms with Crippen LogP contribution in [0.1, 0.15) is 5.76 Å². The van der Waals surface area contributed by atoms with Crippen molar-refractivity contribution in [3.8, 4) is 0 Å². The highest BCUT2D eigenvalue weighted by molar-refractivity contribution is 7.99. The van der Waals surface area contributed by atoms with Crippen LogP contribution in [0.3, 0.4) is 0 Å². The maximum Gasteiger partial charge on any atom is 0.271 e. The fraction of sp³-hybridized carbons (Fsp3) is 0.125. The largest absolute Gasteiger partial charge is 0.467 e. The van der Waals surface area contributed by atoms with Crippen LogP contribution >= 0.6 is 11.8 Å². The minimum Gasteiger partial charge on any atom is -0.467 e. The number of furan rings is 1. The molecule has 0 radical (unpaired) electrons. The van der Waals surface area contributed by atoms with Gasteiger partial charge in [-0.2, -0.15) is 0 Å². The molecular formula is C16H14N4O4S. The third kappa shape index (κ3) is 4.48. The van der Waals surface area contributed by atoms with Crippen molar-refractivity contribution in [2.45, 2.75) is 11.7 Å². The summed E-state index contributed by atoms with van der Waals surface area (Å²) < 4.78 is 7.18. The van der Waals surface area contributed by atoms with E-state index in [0.717, 1.165) is 5.76 Å². The van der Waals surface area contributed by atoms with Gasteiger partial charge in [-0.25, -0.2) is 4.98 Å². The van der Waals surface area contributed by atoms with Crippen LogP contribution in [0.15, 0.2) is 64.6 Å². The van der Waals surface area contributed by atoms with Gasteiger partial charge in [-0.05, 0) is 18.2 Å². The first-order valence-corrected chi connectivity index (χ1v) is 8.31. The van der Waals surface area contributed by atoms with Crippen molar-refractivity contribution in [3.05, 3.63) is 70.9 Å². The first-order chi connectivity index (χ1) is 12.1. The van der Waals surface area contributed by atoms with Gasteiger partial charge in [0, 0.05) is 30.2 Å². The molecule has 1 N–H and O–H groups in total. The van der Waals surface area contributed by atoms with Crippen LogP contribution < -0.4 is 5.32 Å². The molecule has 3 aromatic rings. The smallest absolute Gasteiger partial charge is 0.271 e. The Hall–Kier alpha value is -3.07. The first-order valence-electron chi connectivity index (χ1n) is 7.32. The topological polar surface area (TPSA) is 103 Å². The Kier molecular flexibility index (Phi) is 5.14. The molecule has 2 aromatic heterocycles. The lowest BCUT2D eigenvalue weighted by Crippen LogP contribution is -2.14. The SMILES string of the molecule is O=C(CSc1nccn1Cc1ccco1)Nc1cccc([N+](=O)[O-])c1. The van der Waals surface area contributed by atoms with Crippen molar-refractivity contribution >= 4 is 29.0 Å². The summed E-state index contributed by atoms with van der Waals surface area (Å²) in [6, 6.07) is 9.50. The van der Waals surface area contributed by atoms with Gasteiger partial charge in [0.1, 0.15) is 5.76 Å². The van der Waals surface area contributed by atoms with Crippen LogP contribution in [0.5, 0.6) is 0 Å². The van der Waals surface area contributed by atoms with Crippen molar-refractivity contribution in [3.63, 3.8) is 0 Å². The number of nitrogens with zero attached hydrogens (tertiary/aromatic N) is 3. The maximum absolute atomic E-state index is 12.1. The van der Waals surface area contributed by atoms with Crippen LogP contribution in [0, 0.1) is 10.1 Å². The molecule has 25 heavy (non-hydrogen) atoms. The number of nitrogens with one attached hydrogen (secondary N) is 1. The molecular weight excluding hydrogens is 344 g/mol. The van der Waals surface area contributed by atoms with Crippen LogP contribution in [-0.2, 0) is 11.3 Å². The van der Waals surface area contributed by atoms with Crippen LogP contribution in [-0.4, -0.2) is 26.1 Å². The monoisotopic (exact) mass is 358 g/mol. The normalized spacial score (nSPS) is 10.6. The number of rotatable bonds is 7. The van der Waals surface area contributed by atoms with E-state index in [9.17, 15) is 14.9 Å². The predicted molar refractivity (Wildman–Crippen MR) is 92.5 cm³/mol. The lowest BCUT2D eigenvalue weighted by atomic mass is 10.3. The van der Waals surface area contributed by atoms with Gasteiger partial charge in [0.2, 0.25) is 5.91 Å². The summed E-state index contributed by atoms with van der Waals surface area (Å²) in [6.45, 7) is 0.530. The van der Waals surface area contributed by atoms with Gasteiger partial charge in [-0.15, -0.1) is 0 Å². The van der Waals surface area contributed by atoms with Crippen LogP contribution in [0.2, 0.25) is 0 Å². The lowest BCUT2D eigenvalue weighted by molar-refractivity contribution is -0.384. The van der Waals surface area contributed by atoms with Gasteiger partial charge in [-0.1, -0.05) is 17.8 Å². The van der Waals surface area contributed by atoms with Gasteiger partial charge in [0.25, 0.3) is 5.69 Å². The molecule has 0 spiro atoms. The zero-order valence-electron chi connectivity index (χ0n) is 13.0. The number of hydrogen-bond donors (Lipinski definition) is 1. The fourth-order valence-electron chi connectivity index (χ4n) is 2.15. The molecule has 9 heteroatoms. The van der Waals surface area contributed by atoms with E-state index >= 15 is 0 Å². The predicted octanol–water partition coefficient (Wildman–Crippen LogP) is 3.16. The number of non-ortho nitro benzene ring substituents is 1. The molecule has 0 saturated carbocycles. The number of benzene rings is 1. The second-order valence-electron chi connectivity index (χ2n) is 5.06. The highest BCUT2D eigenvalue weighted by atomic mass is 32.2. The molecule has 0 aliphatic rings. The minimum absolute atomic E-state index is 0.0700. The lowest BCUT2D eigenvalue weighted by Gasteiger charge is -2.07. The van der Waals surface area contributed by atoms with Crippen molar-refractivity contribution in [2.75, 3.05) is 11.1 Å². The number of carbonyl (C=O) groups is 1. The van der Waals surface area contributed by atoms with Crippen molar-refractivity contribution < 1.29 is 14.1 Å². The van der Waals surface area contributed by atoms with Gasteiger partial charge in [0.15, 0.2) is 5.16 Å². The van der Waals surface area contributed by atoms with Crippen LogP contribution in [0.4, 0.5) is 11.4 Å². The number of thioether (sulfide) groups is 1. The Morgan fingerprint density at radius 1 is 1.36 bits per heavy atom.